The predicted octanol–water partition coefficient (Wildman–Crippen LogP) is 3.27. The van der Waals surface area contributed by atoms with Crippen molar-refractivity contribution in [3.63, 3.8) is 0 Å². The summed E-state index contributed by atoms with van der Waals surface area (Å²) in [7, 11) is 0. The van der Waals surface area contributed by atoms with E-state index in [0.717, 1.165) is 38.5 Å². The maximum absolute atomic E-state index is 6.44. The number of fused-ring (bicyclic) bond motifs is 1. The third-order valence-corrected chi connectivity index (χ3v) is 6.72. The molecule has 3 heterocycles. The van der Waals surface area contributed by atoms with Crippen molar-refractivity contribution < 1.29 is 28.4 Å². The fraction of sp³-hybridized carbons (Fsp3) is 1.00. The summed E-state index contributed by atoms with van der Waals surface area (Å²) in [6.07, 6.45) is 10.1. The van der Waals surface area contributed by atoms with Crippen molar-refractivity contribution in [2.75, 3.05) is 13.2 Å². The Morgan fingerprint density at radius 2 is 1.50 bits per heavy atom. The lowest BCUT2D eigenvalue weighted by atomic mass is 9.94. The van der Waals surface area contributed by atoms with Gasteiger partial charge in [-0.25, -0.2) is 0 Å². The Morgan fingerprint density at radius 1 is 0.808 bits per heavy atom. The molecule has 6 heteroatoms. The van der Waals surface area contributed by atoms with Crippen LogP contribution in [0.3, 0.4) is 0 Å². The van der Waals surface area contributed by atoms with Gasteiger partial charge in [0.05, 0.1) is 6.61 Å². The first kappa shape index (κ1) is 17.8. The van der Waals surface area contributed by atoms with Crippen molar-refractivity contribution in [3.8, 4) is 0 Å². The van der Waals surface area contributed by atoms with Crippen LogP contribution in [0, 0.1) is 0 Å². The van der Waals surface area contributed by atoms with Crippen LogP contribution in [0.1, 0.15) is 71.1 Å². The Bertz CT molecular complexity index is 499. The van der Waals surface area contributed by atoms with Crippen molar-refractivity contribution in [2.24, 2.45) is 0 Å². The van der Waals surface area contributed by atoms with Gasteiger partial charge in [0.2, 0.25) is 0 Å². The fourth-order valence-electron chi connectivity index (χ4n) is 5.46. The Kier molecular flexibility index (Phi) is 4.78. The standard InChI is InChI=1S/C20H32O6/c1-2-21-16-15(14-13-22-19(24-14)9-5-3-6-10-19)23-18-17(16)25-20(26-18)11-7-4-8-12-20/h14-18H,2-13H2,1H3/t14-,15-,16+,17-,18-/m1/s1. The summed E-state index contributed by atoms with van der Waals surface area (Å²) in [5.74, 6) is -0.849. The highest BCUT2D eigenvalue weighted by molar-refractivity contribution is 5.01. The van der Waals surface area contributed by atoms with Gasteiger partial charge in [0.15, 0.2) is 17.9 Å². The molecule has 0 aromatic heterocycles. The lowest BCUT2D eigenvalue weighted by molar-refractivity contribution is -0.262. The second-order valence-electron chi connectivity index (χ2n) is 8.50. The van der Waals surface area contributed by atoms with Crippen LogP contribution in [0.5, 0.6) is 0 Å². The lowest BCUT2D eigenvalue weighted by Gasteiger charge is -2.35. The average Bonchev–Trinajstić information content (AvgIpc) is 3.30. The molecule has 26 heavy (non-hydrogen) atoms. The van der Waals surface area contributed by atoms with E-state index in [1.807, 2.05) is 6.92 Å². The minimum Gasteiger partial charge on any atom is -0.373 e. The van der Waals surface area contributed by atoms with Crippen LogP contribution in [-0.4, -0.2) is 55.5 Å². The van der Waals surface area contributed by atoms with Gasteiger partial charge in [0.1, 0.15) is 24.4 Å². The molecule has 3 saturated heterocycles. The molecule has 0 aromatic carbocycles. The summed E-state index contributed by atoms with van der Waals surface area (Å²) in [6, 6.07) is 0. The van der Waals surface area contributed by atoms with Crippen molar-refractivity contribution in [2.45, 2.75) is 113 Å². The van der Waals surface area contributed by atoms with Crippen molar-refractivity contribution in [1.82, 2.24) is 0 Å². The summed E-state index contributed by atoms with van der Waals surface area (Å²) < 4.78 is 37.7. The normalized spacial score (nSPS) is 44.0. The lowest BCUT2D eigenvalue weighted by Crippen LogP contribution is -2.45. The molecule has 0 bridgehead atoms. The number of hydrogen-bond donors (Lipinski definition) is 0. The Hall–Kier alpha value is -0.240. The molecule has 6 nitrogen and oxygen atoms in total. The van der Waals surface area contributed by atoms with Gasteiger partial charge >= 0.3 is 0 Å². The van der Waals surface area contributed by atoms with Gasteiger partial charge in [-0.05, 0) is 32.6 Å². The molecule has 2 aliphatic carbocycles. The van der Waals surface area contributed by atoms with Crippen LogP contribution in [0.25, 0.3) is 0 Å². The van der Waals surface area contributed by atoms with Crippen molar-refractivity contribution in [3.05, 3.63) is 0 Å². The van der Waals surface area contributed by atoms with Crippen LogP contribution >= 0.6 is 0 Å². The first-order chi connectivity index (χ1) is 12.7. The summed E-state index contributed by atoms with van der Waals surface area (Å²) in [4.78, 5) is 0. The van der Waals surface area contributed by atoms with Crippen LogP contribution in [0.15, 0.2) is 0 Å². The smallest absolute Gasteiger partial charge is 0.190 e. The van der Waals surface area contributed by atoms with Gasteiger partial charge in [-0.2, -0.15) is 0 Å². The third kappa shape index (κ3) is 3.03. The minimum atomic E-state index is -0.453. The average molecular weight is 368 g/mol. The summed E-state index contributed by atoms with van der Waals surface area (Å²) in [5.41, 5.74) is 0. The zero-order valence-electron chi connectivity index (χ0n) is 15.8. The predicted molar refractivity (Wildman–Crippen MR) is 92.5 cm³/mol. The molecule has 0 unspecified atom stereocenters. The summed E-state index contributed by atoms with van der Waals surface area (Å²) in [5, 5.41) is 0. The largest absolute Gasteiger partial charge is 0.373 e. The zero-order valence-corrected chi connectivity index (χ0v) is 15.8. The van der Waals surface area contributed by atoms with E-state index >= 15 is 0 Å². The molecule has 5 aliphatic rings. The Morgan fingerprint density at radius 3 is 2.19 bits per heavy atom. The second-order valence-corrected chi connectivity index (χ2v) is 8.50. The van der Waals surface area contributed by atoms with E-state index in [0.29, 0.717) is 13.2 Å². The molecule has 2 saturated carbocycles. The molecule has 0 aromatic rings. The highest BCUT2D eigenvalue weighted by Gasteiger charge is 2.61. The van der Waals surface area contributed by atoms with Gasteiger partial charge in [-0.1, -0.05) is 12.8 Å². The van der Waals surface area contributed by atoms with E-state index in [4.69, 9.17) is 28.4 Å². The molecule has 2 spiro atoms. The van der Waals surface area contributed by atoms with Crippen LogP contribution < -0.4 is 0 Å². The van der Waals surface area contributed by atoms with Gasteiger partial charge in [-0.15, -0.1) is 0 Å². The Labute approximate surface area is 155 Å². The molecule has 0 amide bonds. The molecular formula is C20H32O6. The van der Waals surface area contributed by atoms with Gasteiger partial charge in [0, 0.05) is 32.3 Å². The van der Waals surface area contributed by atoms with E-state index in [-0.39, 0.29) is 30.7 Å². The highest BCUT2D eigenvalue weighted by atomic mass is 16.9. The molecule has 0 N–H and O–H groups in total. The topological polar surface area (TPSA) is 55.4 Å². The zero-order chi connectivity index (χ0) is 17.6. The van der Waals surface area contributed by atoms with E-state index in [2.05, 4.69) is 0 Å². The summed E-state index contributed by atoms with van der Waals surface area (Å²) >= 11 is 0. The van der Waals surface area contributed by atoms with Crippen LogP contribution in [0.2, 0.25) is 0 Å². The fourth-order valence-corrected chi connectivity index (χ4v) is 5.46. The monoisotopic (exact) mass is 368 g/mol. The number of ether oxygens (including phenoxy) is 6. The molecule has 5 fully saturated rings. The minimum absolute atomic E-state index is 0.107. The van der Waals surface area contributed by atoms with Gasteiger partial charge in [-0.3, -0.25) is 0 Å². The van der Waals surface area contributed by atoms with E-state index in [1.54, 1.807) is 0 Å². The highest BCUT2D eigenvalue weighted by Crippen LogP contribution is 2.48. The van der Waals surface area contributed by atoms with Crippen molar-refractivity contribution in [1.29, 1.82) is 0 Å². The van der Waals surface area contributed by atoms with E-state index in [1.165, 1.54) is 25.7 Å². The van der Waals surface area contributed by atoms with Crippen LogP contribution in [0.4, 0.5) is 0 Å². The molecule has 5 atom stereocenters. The van der Waals surface area contributed by atoms with Crippen molar-refractivity contribution >= 4 is 0 Å². The van der Waals surface area contributed by atoms with Crippen LogP contribution in [-0.2, 0) is 28.4 Å². The SMILES string of the molecule is CCO[C@@H]1[C@H]2OC3(CCCCC3)O[C@H]2O[C@@H]1[C@H]1COC2(CCCCC2)O1. The Balaban J connectivity index is 1.29. The number of rotatable bonds is 3. The maximum Gasteiger partial charge on any atom is 0.190 e. The molecule has 0 radical (unpaired) electrons. The van der Waals surface area contributed by atoms with Gasteiger partial charge < -0.3 is 28.4 Å². The first-order valence-electron chi connectivity index (χ1n) is 10.7. The third-order valence-electron chi connectivity index (χ3n) is 6.72. The molecule has 5 rings (SSSR count). The van der Waals surface area contributed by atoms with Gasteiger partial charge in [0.25, 0.3) is 0 Å². The maximum atomic E-state index is 6.44. The van der Waals surface area contributed by atoms with E-state index in [9.17, 15) is 0 Å². The second kappa shape index (κ2) is 6.98. The quantitative estimate of drug-likeness (QED) is 0.762. The molecule has 148 valence electrons. The first-order valence-corrected chi connectivity index (χ1v) is 10.7. The van der Waals surface area contributed by atoms with E-state index < -0.39 is 11.6 Å². The molecular weight excluding hydrogens is 336 g/mol. The summed E-state index contributed by atoms with van der Waals surface area (Å²) in [6.45, 7) is 3.22. The molecule has 3 aliphatic heterocycles. The number of hydrogen-bond acceptors (Lipinski definition) is 6.